The van der Waals surface area contributed by atoms with E-state index in [1.807, 2.05) is 0 Å². The maximum atomic E-state index is 14.0. The Morgan fingerprint density at radius 3 is 2.24 bits per heavy atom. The zero-order valence-corrected chi connectivity index (χ0v) is 13.5. The van der Waals surface area contributed by atoms with Gasteiger partial charge in [0.15, 0.2) is 0 Å². The van der Waals surface area contributed by atoms with Crippen LogP contribution < -0.4 is 4.31 Å². The normalized spacial score (nSPS) is 11.4. The summed E-state index contributed by atoms with van der Waals surface area (Å²) >= 11 is 3.12. The molecule has 0 aliphatic carbocycles. The summed E-state index contributed by atoms with van der Waals surface area (Å²) < 4.78 is 53.5. The van der Waals surface area contributed by atoms with Crippen molar-refractivity contribution in [1.82, 2.24) is 0 Å². The molecule has 0 saturated carbocycles. The standard InChI is InChI=1S/C14H12BrF2NO2S/c1-2-18(14-8-3-10(15)9-13(14)17)21(19,20)12-6-4-11(16)5-7-12/h3-9H,2H2,1H3. The molecule has 0 spiro atoms. The van der Waals surface area contributed by atoms with Crippen molar-refractivity contribution < 1.29 is 17.2 Å². The van der Waals surface area contributed by atoms with E-state index in [1.54, 1.807) is 13.0 Å². The smallest absolute Gasteiger partial charge is 0.264 e. The number of nitrogens with zero attached hydrogens (tertiary/aromatic N) is 1. The average molecular weight is 376 g/mol. The Bertz CT molecular complexity index is 748. The van der Waals surface area contributed by atoms with Crippen molar-refractivity contribution in [2.75, 3.05) is 10.8 Å². The van der Waals surface area contributed by atoms with E-state index in [4.69, 9.17) is 0 Å². The highest BCUT2D eigenvalue weighted by atomic mass is 79.9. The minimum Gasteiger partial charge on any atom is -0.264 e. The first-order valence-corrected chi connectivity index (χ1v) is 8.33. The molecule has 0 radical (unpaired) electrons. The molecule has 112 valence electrons. The molecule has 2 rings (SSSR count). The predicted molar refractivity (Wildman–Crippen MR) is 80.7 cm³/mol. The van der Waals surface area contributed by atoms with Gasteiger partial charge in [0, 0.05) is 11.0 Å². The molecule has 3 nitrogen and oxygen atoms in total. The molecule has 2 aromatic rings. The number of hydrogen-bond donors (Lipinski definition) is 0. The fraction of sp³-hybridized carbons (Fsp3) is 0.143. The van der Waals surface area contributed by atoms with Gasteiger partial charge in [0.2, 0.25) is 0 Å². The van der Waals surface area contributed by atoms with Crippen LogP contribution in [-0.4, -0.2) is 15.0 Å². The van der Waals surface area contributed by atoms with Crippen molar-refractivity contribution in [1.29, 1.82) is 0 Å². The number of sulfonamides is 1. The number of hydrogen-bond acceptors (Lipinski definition) is 2. The van der Waals surface area contributed by atoms with E-state index in [0.717, 1.165) is 28.6 Å². The lowest BCUT2D eigenvalue weighted by molar-refractivity contribution is 0.585. The zero-order chi connectivity index (χ0) is 15.6. The Hall–Kier alpha value is -1.47. The minimum atomic E-state index is -3.94. The van der Waals surface area contributed by atoms with Gasteiger partial charge in [-0.15, -0.1) is 0 Å². The number of halogens is 3. The molecule has 0 amide bonds. The van der Waals surface area contributed by atoms with E-state index < -0.39 is 21.7 Å². The molecule has 0 aliphatic rings. The lowest BCUT2D eigenvalue weighted by Gasteiger charge is -2.23. The topological polar surface area (TPSA) is 37.4 Å². The lowest BCUT2D eigenvalue weighted by Crippen LogP contribution is -2.31. The molecular weight excluding hydrogens is 364 g/mol. The molecule has 0 bridgehead atoms. The maximum Gasteiger partial charge on any atom is 0.264 e. The van der Waals surface area contributed by atoms with Crippen molar-refractivity contribution in [3.05, 3.63) is 58.6 Å². The first-order chi connectivity index (χ1) is 9.86. The summed E-state index contributed by atoms with van der Waals surface area (Å²) in [6, 6.07) is 8.55. The molecule has 2 aromatic carbocycles. The summed E-state index contributed by atoms with van der Waals surface area (Å²) in [6.45, 7) is 1.65. The van der Waals surface area contributed by atoms with Gasteiger partial charge in [-0.2, -0.15) is 0 Å². The van der Waals surface area contributed by atoms with E-state index in [-0.39, 0.29) is 17.1 Å². The summed E-state index contributed by atoms with van der Waals surface area (Å²) in [7, 11) is -3.94. The van der Waals surface area contributed by atoms with Crippen molar-refractivity contribution in [2.24, 2.45) is 0 Å². The van der Waals surface area contributed by atoms with Gasteiger partial charge in [0.1, 0.15) is 11.6 Å². The van der Waals surface area contributed by atoms with Crippen LogP contribution in [0.25, 0.3) is 0 Å². The number of anilines is 1. The van der Waals surface area contributed by atoms with E-state index in [1.165, 1.54) is 12.1 Å². The minimum absolute atomic E-state index is 0.0509. The van der Waals surface area contributed by atoms with Gasteiger partial charge in [-0.05, 0) is 49.4 Å². The van der Waals surface area contributed by atoms with Crippen molar-refractivity contribution in [3.8, 4) is 0 Å². The first-order valence-electron chi connectivity index (χ1n) is 6.09. The van der Waals surface area contributed by atoms with Gasteiger partial charge in [-0.25, -0.2) is 17.2 Å². The van der Waals surface area contributed by atoms with Crippen LogP contribution in [0.3, 0.4) is 0 Å². The lowest BCUT2D eigenvalue weighted by atomic mass is 10.3. The zero-order valence-electron chi connectivity index (χ0n) is 11.1. The Morgan fingerprint density at radius 1 is 1.10 bits per heavy atom. The Balaban J connectivity index is 2.51. The van der Waals surface area contributed by atoms with Crippen molar-refractivity contribution in [3.63, 3.8) is 0 Å². The maximum absolute atomic E-state index is 14.0. The molecule has 0 atom stereocenters. The first kappa shape index (κ1) is 15.9. The summed E-state index contributed by atoms with van der Waals surface area (Å²) in [5.74, 6) is -1.19. The fourth-order valence-electron chi connectivity index (χ4n) is 1.89. The predicted octanol–water partition coefficient (Wildman–Crippen LogP) is 3.94. The third kappa shape index (κ3) is 3.24. The summed E-state index contributed by atoms with van der Waals surface area (Å²) in [5, 5.41) is 0. The molecule has 0 N–H and O–H groups in total. The molecule has 0 aromatic heterocycles. The second kappa shape index (κ2) is 6.11. The monoisotopic (exact) mass is 375 g/mol. The van der Waals surface area contributed by atoms with Crippen LogP contribution in [0.2, 0.25) is 0 Å². The van der Waals surface area contributed by atoms with E-state index >= 15 is 0 Å². The Morgan fingerprint density at radius 2 is 1.71 bits per heavy atom. The Kier molecular flexibility index (Phi) is 4.63. The summed E-state index contributed by atoms with van der Waals surface area (Å²) in [6.07, 6.45) is 0. The fourth-order valence-corrected chi connectivity index (χ4v) is 3.70. The van der Waals surface area contributed by atoms with Gasteiger partial charge >= 0.3 is 0 Å². The van der Waals surface area contributed by atoms with Crippen LogP contribution in [0.1, 0.15) is 6.92 Å². The molecule has 0 fully saturated rings. The van der Waals surface area contributed by atoms with Crippen LogP contribution in [-0.2, 0) is 10.0 Å². The second-order valence-corrected chi connectivity index (χ2v) is 7.00. The molecule has 21 heavy (non-hydrogen) atoms. The highest BCUT2D eigenvalue weighted by molar-refractivity contribution is 9.10. The number of rotatable bonds is 4. The van der Waals surface area contributed by atoms with E-state index in [2.05, 4.69) is 15.9 Å². The van der Waals surface area contributed by atoms with Gasteiger partial charge in [0.05, 0.1) is 10.6 Å². The summed E-state index contributed by atoms with van der Waals surface area (Å²) in [4.78, 5) is -0.0898. The van der Waals surface area contributed by atoms with Crippen LogP contribution in [0, 0.1) is 11.6 Å². The largest absolute Gasteiger partial charge is 0.264 e. The second-order valence-electron chi connectivity index (χ2n) is 4.22. The molecular formula is C14H12BrF2NO2S. The molecule has 0 aliphatic heterocycles. The molecule has 0 heterocycles. The van der Waals surface area contributed by atoms with Gasteiger partial charge in [-0.1, -0.05) is 15.9 Å². The molecule has 7 heteroatoms. The highest BCUT2D eigenvalue weighted by Gasteiger charge is 2.25. The average Bonchev–Trinajstić information content (AvgIpc) is 2.42. The number of benzene rings is 2. The third-order valence-corrected chi connectivity index (χ3v) is 5.26. The Labute approximate surface area is 130 Å². The van der Waals surface area contributed by atoms with Crippen LogP contribution in [0.4, 0.5) is 14.5 Å². The van der Waals surface area contributed by atoms with Gasteiger partial charge < -0.3 is 0 Å². The SMILES string of the molecule is CCN(c1ccc(Br)cc1F)S(=O)(=O)c1ccc(F)cc1. The van der Waals surface area contributed by atoms with Crippen LogP contribution in [0.15, 0.2) is 51.8 Å². The van der Waals surface area contributed by atoms with Gasteiger partial charge in [-0.3, -0.25) is 4.31 Å². The third-order valence-electron chi connectivity index (χ3n) is 2.87. The van der Waals surface area contributed by atoms with Crippen LogP contribution in [0.5, 0.6) is 0 Å². The van der Waals surface area contributed by atoms with Crippen LogP contribution >= 0.6 is 15.9 Å². The highest BCUT2D eigenvalue weighted by Crippen LogP contribution is 2.28. The molecule has 0 unspecified atom stereocenters. The van der Waals surface area contributed by atoms with Crippen molar-refractivity contribution in [2.45, 2.75) is 11.8 Å². The van der Waals surface area contributed by atoms with Crippen molar-refractivity contribution >= 4 is 31.6 Å². The quantitative estimate of drug-likeness (QED) is 0.811. The molecule has 0 saturated heterocycles. The van der Waals surface area contributed by atoms with E-state index in [9.17, 15) is 17.2 Å². The van der Waals surface area contributed by atoms with E-state index in [0.29, 0.717) is 4.47 Å². The van der Waals surface area contributed by atoms with Gasteiger partial charge in [0.25, 0.3) is 10.0 Å². The summed E-state index contributed by atoms with van der Waals surface area (Å²) in [5.41, 5.74) is -0.0509.